The van der Waals surface area contributed by atoms with Gasteiger partial charge in [-0.3, -0.25) is 9.36 Å². The van der Waals surface area contributed by atoms with E-state index in [1.807, 2.05) is 56.5 Å². The Morgan fingerprint density at radius 3 is 2.70 bits per heavy atom. The predicted octanol–water partition coefficient (Wildman–Crippen LogP) is 5.15. The molecule has 1 saturated carbocycles. The SMILES string of the molecule is CNS(=O)(=O)CC1CCC(N(C)c2ncnc3c2ccn3C(=O)C2CC=CC=C2Nc2cccc(Cl)c2C)CC1. The standard InChI is InChI=1S/C29H35ClN6O3S/c1-19-24(30)8-6-10-25(19)34-26-9-5-4-7-22(26)29(37)36-16-15-23-27(32-18-33-28(23)36)35(3)21-13-11-20(12-14-21)17-40(38,39)31-2/h4-6,8-10,15-16,18,20-22,31,34H,7,11-14,17H2,1-3H3. The monoisotopic (exact) mass is 582 g/mol. The van der Waals surface area contributed by atoms with Crippen molar-refractivity contribution in [2.75, 3.05) is 30.1 Å². The maximum atomic E-state index is 13.9. The molecule has 212 valence electrons. The Morgan fingerprint density at radius 2 is 1.95 bits per heavy atom. The summed E-state index contributed by atoms with van der Waals surface area (Å²) in [5, 5.41) is 4.91. The Labute approximate surface area is 240 Å². The molecule has 1 fully saturated rings. The fourth-order valence-corrected chi connectivity index (χ4v) is 7.02. The Morgan fingerprint density at radius 1 is 1.18 bits per heavy atom. The third-order valence-electron chi connectivity index (χ3n) is 8.17. The van der Waals surface area contributed by atoms with Crippen LogP contribution < -0.4 is 14.9 Å². The molecule has 0 bridgehead atoms. The van der Waals surface area contributed by atoms with E-state index in [0.717, 1.165) is 53.8 Å². The number of halogens is 1. The van der Waals surface area contributed by atoms with Crippen molar-refractivity contribution in [3.63, 3.8) is 0 Å². The number of carbonyl (C=O) groups is 1. The van der Waals surface area contributed by atoms with Gasteiger partial charge in [0.05, 0.1) is 17.1 Å². The van der Waals surface area contributed by atoms with Gasteiger partial charge < -0.3 is 10.2 Å². The van der Waals surface area contributed by atoms with Gasteiger partial charge in [-0.2, -0.15) is 0 Å². The van der Waals surface area contributed by atoms with Crippen molar-refractivity contribution in [2.24, 2.45) is 11.8 Å². The minimum absolute atomic E-state index is 0.0728. The number of fused-ring (bicyclic) bond motifs is 1. The van der Waals surface area contributed by atoms with Gasteiger partial charge >= 0.3 is 0 Å². The Hall–Kier alpha value is -3.21. The molecule has 40 heavy (non-hydrogen) atoms. The predicted molar refractivity (Wildman–Crippen MR) is 160 cm³/mol. The number of rotatable bonds is 8. The van der Waals surface area contributed by atoms with Crippen LogP contribution in [0.15, 0.2) is 60.7 Å². The number of sulfonamides is 1. The van der Waals surface area contributed by atoms with Gasteiger partial charge in [0.1, 0.15) is 12.1 Å². The van der Waals surface area contributed by atoms with Gasteiger partial charge in [0.2, 0.25) is 15.9 Å². The number of allylic oxidation sites excluding steroid dienone is 4. The molecule has 2 N–H and O–H groups in total. The topological polar surface area (TPSA) is 109 Å². The normalized spacial score (nSPS) is 21.3. The van der Waals surface area contributed by atoms with Crippen molar-refractivity contribution >= 4 is 50.1 Å². The van der Waals surface area contributed by atoms with Crippen LogP contribution in [0.3, 0.4) is 0 Å². The quantitative estimate of drug-likeness (QED) is 0.378. The molecule has 0 amide bonds. The number of anilines is 2. The van der Waals surface area contributed by atoms with E-state index >= 15 is 0 Å². The van der Waals surface area contributed by atoms with Crippen molar-refractivity contribution in [1.82, 2.24) is 19.3 Å². The highest BCUT2D eigenvalue weighted by molar-refractivity contribution is 7.89. The van der Waals surface area contributed by atoms with Crippen molar-refractivity contribution in [1.29, 1.82) is 0 Å². The number of benzene rings is 1. The van der Waals surface area contributed by atoms with Crippen LogP contribution in [-0.4, -0.2) is 54.8 Å². The van der Waals surface area contributed by atoms with E-state index in [2.05, 4.69) is 24.9 Å². The van der Waals surface area contributed by atoms with Gasteiger partial charge in [-0.1, -0.05) is 29.8 Å². The van der Waals surface area contributed by atoms with Gasteiger partial charge in [0.15, 0.2) is 5.65 Å². The second kappa shape index (κ2) is 11.7. The molecule has 1 aromatic carbocycles. The van der Waals surface area contributed by atoms with Crippen LogP contribution >= 0.6 is 11.6 Å². The second-order valence-corrected chi connectivity index (χ2v) is 13.0. The van der Waals surface area contributed by atoms with Gasteiger partial charge in [0.25, 0.3) is 0 Å². The van der Waals surface area contributed by atoms with E-state index in [1.54, 1.807) is 10.8 Å². The van der Waals surface area contributed by atoms with E-state index in [9.17, 15) is 13.2 Å². The summed E-state index contributed by atoms with van der Waals surface area (Å²) in [6.07, 6.45) is 13.2. The van der Waals surface area contributed by atoms with Crippen molar-refractivity contribution < 1.29 is 13.2 Å². The minimum atomic E-state index is -3.22. The van der Waals surface area contributed by atoms with Gasteiger partial charge in [-0.25, -0.2) is 23.1 Å². The molecule has 2 aliphatic carbocycles. The van der Waals surface area contributed by atoms with Gasteiger partial charge in [-0.15, -0.1) is 0 Å². The number of nitrogens with zero attached hydrogens (tertiary/aromatic N) is 4. The molecule has 9 nitrogen and oxygen atoms in total. The zero-order valence-corrected chi connectivity index (χ0v) is 24.5. The maximum Gasteiger partial charge on any atom is 0.241 e. The fourth-order valence-electron chi connectivity index (χ4n) is 5.72. The molecule has 0 saturated heterocycles. The third-order valence-corrected chi connectivity index (χ3v) is 10.1. The van der Waals surface area contributed by atoms with Crippen LogP contribution in [0.4, 0.5) is 11.5 Å². The number of hydrogen-bond donors (Lipinski definition) is 2. The van der Waals surface area contributed by atoms with Crippen molar-refractivity contribution in [2.45, 2.75) is 45.1 Å². The molecular weight excluding hydrogens is 548 g/mol. The maximum absolute atomic E-state index is 13.9. The van der Waals surface area contributed by atoms with E-state index in [0.29, 0.717) is 17.1 Å². The molecule has 2 aliphatic rings. The smallest absolute Gasteiger partial charge is 0.241 e. The lowest BCUT2D eigenvalue weighted by atomic mass is 9.86. The molecule has 1 unspecified atom stereocenters. The zero-order chi connectivity index (χ0) is 28.4. The molecule has 2 aromatic heterocycles. The summed E-state index contributed by atoms with van der Waals surface area (Å²) < 4.78 is 28.0. The summed E-state index contributed by atoms with van der Waals surface area (Å²) in [4.78, 5) is 25.1. The summed E-state index contributed by atoms with van der Waals surface area (Å²) in [6, 6.07) is 7.82. The fraction of sp³-hybridized carbons (Fsp3) is 0.414. The Kier molecular flexibility index (Phi) is 8.30. The van der Waals surface area contributed by atoms with E-state index in [4.69, 9.17) is 11.6 Å². The van der Waals surface area contributed by atoms with Crippen LogP contribution in [0.1, 0.15) is 42.5 Å². The molecule has 0 aliphatic heterocycles. The first-order valence-electron chi connectivity index (χ1n) is 13.6. The number of hydrogen-bond acceptors (Lipinski definition) is 7. The average Bonchev–Trinajstić information content (AvgIpc) is 3.40. The van der Waals surface area contributed by atoms with Crippen LogP contribution in [0, 0.1) is 18.8 Å². The van der Waals surface area contributed by atoms with Crippen LogP contribution in [0.5, 0.6) is 0 Å². The Bertz CT molecular complexity index is 1570. The van der Waals surface area contributed by atoms with Crippen LogP contribution in [0.2, 0.25) is 5.02 Å². The zero-order valence-electron chi connectivity index (χ0n) is 23.0. The molecule has 3 aromatic rings. The highest BCUT2D eigenvalue weighted by Gasteiger charge is 2.30. The Balaban J connectivity index is 1.34. The largest absolute Gasteiger partial charge is 0.358 e. The first-order valence-corrected chi connectivity index (χ1v) is 15.6. The second-order valence-electron chi connectivity index (χ2n) is 10.6. The van der Waals surface area contributed by atoms with Crippen LogP contribution in [0.25, 0.3) is 11.0 Å². The molecule has 0 radical (unpaired) electrons. The minimum Gasteiger partial charge on any atom is -0.358 e. The first kappa shape index (κ1) is 28.3. The lowest BCUT2D eigenvalue weighted by Gasteiger charge is -2.35. The van der Waals surface area contributed by atoms with Crippen LogP contribution in [-0.2, 0) is 10.0 Å². The number of carbonyl (C=O) groups excluding carboxylic acids is 1. The van der Waals surface area contributed by atoms with Crippen molar-refractivity contribution in [3.8, 4) is 0 Å². The highest BCUT2D eigenvalue weighted by atomic mass is 35.5. The van der Waals surface area contributed by atoms with E-state index in [1.165, 1.54) is 13.4 Å². The lowest BCUT2D eigenvalue weighted by molar-refractivity contribution is 0.0861. The summed E-state index contributed by atoms with van der Waals surface area (Å²) in [7, 11) is 0.261. The summed E-state index contributed by atoms with van der Waals surface area (Å²) in [5.41, 5.74) is 3.18. The number of nitrogens with one attached hydrogen (secondary N) is 2. The summed E-state index contributed by atoms with van der Waals surface area (Å²) >= 11 is 6.32. The van der Waals surface area contributed by atoms with Crippen molar-refractivity contribution in [3.05, 3.63) is 71.3 Å². The first-order chi connectivity index (χ1) is 19.2. The summed E-state index contributed by atoms with van der Waals surface area (Å²) in [5.74, 6) is 0.619. The molecule has 0 spiro atoms. The van der Waals surface area contributed by atoms with Gasteiger partial charge in [-0.05, 0) is 81.8 Å². The van der Waals surface area contributed by atoms with E-state index < -0.39 is 15.9 Å². The molecule has 1 atom stereocenters. The number of aromatic nitrogens is 3. The third kappa shape index (κ3) is 5.80. The highest BCUT2D eigenvalue weighted by Crippen LogP contribution is 2.34. The van der Waals surface area contributed by atoms with Gasteiger partial charge in [0, 0.05) is 35.7 Å². The molecule has 5 rings (SSSR count). The molecule has 2 heterocycles. The van der Waals surface area contributed by atoms with E-state index in [-0.39, 0.29) is 23.6 Å². The molecule has 11 heteroatoms. The lowest BCUT2D eigenvalue weighted by Crippen LogP contribution is -2.38. The average molecular weight is 583 g/mol. The molecular formula is C29H35ClN6O3S. The summed E-state index contributed by atoms with van der Waals surface area (Å²) in [6.45, 7) is 1.95.